The minimum absolute atomic E-state index is 0.0178. The van der Waals surface area contributed by atoms with E-state index in [1.807, 2.05) is 0 Å². The van der Waals surface area contributed by atoms with Crippen LogP contribution in [-0.2, 0) is 19.6 Å². The molecule has 0 saturated carbocycles. The van der Waals surface area contributed by atoms with Crippen molar-refractivity contribution < 1.29 is 17.9 Å². The predicted molar refractivity (Wildman–Crippen MR) is 81.4 cm³/mol. The standard InChI is InChI=1S/C14H22N2O4S/c1-5-20-13(17)8-9-16(4)21(18,19)14-10(2)6-7-12(15)11(14)3/h6-7H,5,8-9,15H2,1-4H3. The average molecular weight is 314 g/mol. The van der Waals surface area contributed by atoms with Gasteiger partial charge < -0.3 is 10.5 Å². The number of aryl methyl sites for hydroxylation is 1. The van der Waals surface area contributed by atoms with Crippen molar-refractivity contribution >= 4 is 21.7 Å². The lowest BCUT2D eigenvalue weighted by molar-refractivity contribution is -0.143. The van der Waals surface area contributed by atoms with Crippen molar-refractivity contribution in [3.8, 4) is 0 Å². The van der Waals surface area contributed by atoms with Crippen LogP contribution in [0.3, 0.4) is 0 Å². The van der Waals surface area contributed by atoms with Crippen LogP contribution < -0.4 is 5.73 Å². The molecule has 0 bridgehead atoms. The zero-order chi connectivity index (χ0) is 16.2. The first-order chi connectivity index (χ1) is 9.71. The van der Waals surface area contributed by atoms with E-state index in [9.17, 15) is 13.2 Å². The topological polar surface area (TPSA) is 89.7 Å². The normalized spacial score (nSPS) is 11.7. The predicted octanol–water partition coefficient (Wildman–Crippen LogP) is 1.46. The molecule has 7 heteroatoms. The van der Waals surface area contributed by atoms with Gasteiger partial charge in [0, 0.05) is 19.3 Å². The molecule has 21 heavy (non-hydrogen) atoms. The minimum atomic E-state index is -3.69. The number of nitrogens with zero attached hydrogens (tertiary/aromatic N) is 1. The van der Waals surface area contributed by atoms with E-state index in [0.717, 1.165) is 4.31 Å². The summed E-state index contributed by atoms with van der Waals surface area (Å²) in [6, 6.07) is 3.36. The molecule has 6 nitrogen and oxygen atoms in total. The van der Waals surface area contributed by atoms with Gasteiger partial charge in [-0.25, -0.2) is 12.7 Å². The number of carbonyl (C=O) groups is 1. The van der Waals surface area contributed by atoms with Gasteiger partial charge >= 0.3 is 5.97 Å². The van der Waals surface area contributed by atoms with Crippen LogP contribution in [0.4, 0.5) is 5.69 Å². The summed E-state index contributed by atoms with van der Waals surface area (Å²) in [6.45, 7) is 5.45. The van der Waals surface area contributed by atoms with Gasteiger partial charge in [0.1, 0.15) is 0 Å². The summed E-state index contributed by atoms with van der Waals surface area (Å²) < 4.78 is 31.2. The zero-order valence-electron chi connectivity index (χ0n) is 12.8. The molecule has 1 rings (SSSR count). The van der Waals surface area contributed by atoms with E-state index >= 15 is 0 Å². The number of nitrogen functional groups attached to an aromatic ring is 1. The van der Waals surface area contributed by atoms with Crippen LogP contribution in [0.25, 0.3) is 0 Å². The number of nitrogens with two attached hydrogens (primary N) is 1. The molecular weight excluding hydrogens is 292 g/mol. The fourth-order valence-corrected chi connectivity index (χ4v) is 3.62. The molecule has 1 aromatic carbocycles. The van der Waals surface area contributed by atoms with E-state index in [-0.39, 0.29) is 24.5 Å². The summed E-state index contributed by atoms with van der Waals surface area (Å²) in [5, 5.41) is 0. The highest BCUT2D eigenvalue weighted by Gasteiger charge is 2.26. The minimum Gasteiger partial charge on any atom is -0.466 e. The zero-order valence-corrected chi connectivity index (χ0v) is 13.7. The van der Waals surface area contributed by atoms with Crippen molar-refractivity contribution in [1.29, 1.82) is 0 Å². The molecule has 0 heterocycles. The Morgan fingerprint density at radius 2 is 1.95 bits per heavy atom. The third-order valence-corrected chi connectivity index (χ3v) is 5.40. The molecule has 0 atom stereocenters. The van der Waals surface area contributed by atoms with E-state index < -0.39 is 16.0 Å². The van der Waals surface area contributed by atoms with Gasteiger partial charge in [-0.3, -0.25) is 4.79 Å². The molecule has 118 valence electrons. The molecule has 0 spiro atoms. The van der Waals surface area contributed by atoms with Crippen molar-refractivity contribution in [2.45, 2.75) is 32.1 Å². The van der Waals surface area contributed by atoms with Crippen LogP contribution in [-0.4, -0.2) is 38.9 Å². The Morgan fingerprint density at radius 1 is 1.33 bits per heavy atom. The Morgan fingerprint density at radius 3 is 2.52 bits per heavy atom. The average Bonchev–Trinajstić information content (AvgIpc) is 2.40. The first-order valence-corrected chi connectivity index (χ1v) is 8.13. The van der Waals surface area contributed by atoms with Crippen LogP contribution in [0.2, 0.25) is 0 Å². The Kier molecular flexibility index (Phi) is 5.74. The molecule has 0 amide bonds. The maximum absolute atomic E-state index is 12.6. The molecule has 0 aliphatic rings. The molecule has 0 aliphatic heterocycles. The SMILES string of the molecule is CCOC(=O)CCN(C)S(=O)(=O)c1c(C)ccc(N)c1C. The number of sulfonamides is 1. The molecule has 0 radical (unpaired) electrons. The van der Waals surface area contributed by atoms with Crippen molar-refractivity contribution in [3.05, 3.63) is 23.3 Å². The summed E-state index contributed by atoms with van der Waals surface area (Å²) in [5.41, 5.74) is 7.37. The van der Waals surface area contributed by atoms with Gasteiger partial charge in [-0.2, -0.15) is 0 Å². The largest absolute Gasteiger partial charge is 0.466 e. The number of carbonyl (C=O) groups excluding carboxylic acids is 1. The smallest absolute Gasteiger partial charge is 0.307 e. The highest BCUT2D eigenvalue weighted by molar-refractivity contribution is 7.89. The number of hydrogen-bond donors (Lipinski definition) is 1. The molecule has 0 fully saturated rings. The lowest BCUT2D eigenvalue weighted by atomic mass is 10.1. The second kappa shape index (κ2) is 6.91. The van der Waals surface area contributed by atoms with E-state index in [1.54, 1.807) is 32.9 Å². The molecule has 0 saturated heterocycles. The van der Waals surface area contributed by atoms with Gasteiger partial charge in [-0.1, -0.05) is 6.07 Å². The van der Waals surface area contributed by atoms with E-state index in [4.69, 9.17) is 10.5 Å². The Balaban J connectivity index is 3.01. The van der Waals surface area contributed by atoms with Gasteiger partial charge in [-0.15, -0.1) is 0 Å². The summed E-state index contributed by atoms with van der Waals surface area (Å²) >= 11 is 0. The third kappa shape index (κ3) is 3.95. The monoisotopic (exact) mass is 314 g/mol. The molecule has 0 aliphatic carbocycles. The molecule has 0 aromatic heterocycles. The van der Waals surface area contributed by atoms with Crippen LogP contribution in [0.15, 0.2) is 17.0 Å². The van der Waals surface area contributed by atoms with Gasteiger partial charge in [0.25, 0.3) is 0 Å². The highest BCUT2D eigenvalue weighted by atomic mass is 32.2. The lowest BCUT2D eigenvalue weighted by Crippen LogP contribution is -2.30. The summed E-state index contributed by atoms with van der Waals surface area (Å²) in [6.07, 6.45) is 0.0178. The van der Waals surface area contributed by atoms with Crippen LogP contribution in [0.5, 0.6) is 0 Å². The fraction of sp³-hybridized carbons (Fsp3) is 0.500. The van der Waals surface area contributed by atoms with Gasteiger partial charge in [0.05, 0.1) is 17.9 Å². The van der Waals surface area contributed by atoms with Crippen molar-refractivity contribution in [2.24, 2.45) is 0 Å². The number of ether oxygens (including phenoxy) is 1. The van der Waals surface area contributed by atoms with Crippen molar-refractivity contribution in [2.75, 3.05) is 25.9 Å². The van der Waals surface area contributed by atoms with Crippen molar-refractivity contribution in [3.63, 3.8) is 0 Å². The van der Waals surface area contributed by atoms with Crippen molar-refractivity contribution in [1.82, 2.24) is 4.31 Å². The molecule has 2 N–H and O–H groups in total. The van der Waals surface area contributed by atoms with Gasteiger partial charge in [0.2, 0.25) is 10.0 Å². The summed E-state index contributed by atoms with van der Waals surface area (Å²) in [4.78, 5) is 11.5. The quantitative estimate of drug-likeness (QED) is 0.634. The molecule has 1 aromatic rings. The number of anilines is 1. The van der Waals surface area contributed by atoms with E-state index in [0.29, 0.717) is 16.8 Å². The summed E-state index contributed by atoms with van der Waals surface area (Å²) in [7, 11) is -2.25. The second-order valence-electron chi connectivity index (χ2n) is 4.81. The Labute approximate surface area is 125 Å². The molecular formula is C14H22N2O4S. The van der Waals surface area contributed by atoms with E-state index in [1.165, 1.54) is 7.05 Å². The number of hydrogen-bond acceptors (Lipinski definition) is 5. The maximum atomic E-state index is 12.6. The first kappa shape index (κ1) is 17.5. The summed E-state index contributed by atoms with van der Waals surface area (Å²) in [5.74, 6) is -0.416. The Bertz CT molecular complexity index is 626. The van der Waals surface area contributed by atoms with Crippen LogP contribution >= 0.6 is 0 Å². The fourth-order valence-electron chi connectivity index (χ4n) is 2.00. The first-order valence-electron chi connectivity index (χ1n) is 6.69. The highest BCUT2D eigenvalue weighted by Crippen LogP contribution is 2.27. The number of rotatable bonds is 6. The number of esters is 1. The van der Waals surface area contributed by atoms with Crippen LogP contribution in [0.1, 0.15) is 24.5 Å². The van der Waals surface area contributed by atoms with Crippen LogP contribution in [0, 0.1) is 13.8 Å². The Hall–Kier alpha value is -1.60. The third-order valence-electron chi connectivity index (χ3n) is 3.25. The van der Waals surface area contributed by atoms with E-state index in [2.05, 4.69) is 0 Å². The second-order valence-corrected chi connectivity index (χ2v) is 6.79. The number of benzene rings is 1. The van der Waals surface area contributed by atoms with Gasteiger partial charge in [-0.05, 0) is 38.0 Å². The maximum Gasteiger partial charge on any atom is 0.307 e. The molecule has 0 unspecified atom stereocenters. The lowest BCUT2D eigenvalue weighted by Gasteiger charge is -2.20. The van der Waals surface area contributed by atoms with Gasteiger partial charge in [0.15, 0.2) is 0 Å².